The maximum atomic E-state index is 13.1. The Morgan fingerprint density at radius 2 is 1.80 bits per heavy atom. The first kappa shape index (κ1) is 24.4. The summed E-state index contributed by atoms with van der Waals surface area (Å²) in [6.45, 7) is 5.94. The lowest BCUT2D eigenvalue weighted by atomic mass is 9.95. The van der Waals surface area contributed by atoms with Crippen molar-refractivity contribution in [3.63, 3.8) is 0 Å². The SMILES string of the molecule is CCN(CC)C(=O)c1cccc(NC(=O)C2CCN(c3ccc4nnc(C(F)(F)F)n4n3)CC2)c1. The van der Waals surface area contributed by atoms with Crippen LogP contribution in [0.4, 0.5) is 24.7 Å². The maximum absolute atomic E-state index is 13.1. The summed E-state index contributed by atoms with van der Waals surface area (Å²) in [4.78, 5) is 29.0. The molecule has 2 aromatic heterocycles. The van der Waals surface area contributed by atoms with E-state index in [1.165, 1.54) is 6.07 Å². The average Bonchev–Trinajstić information content (AvgIpc) is 3.29. The summed E-state index contributed by atoms with van der Waals surface area (Å²) in [5.74, 6) is -1.32. The van der Waals surface area contributed by atoms with E-state index in [0.717, 1.165) is 0 Å². The van der Waals surface area contributed by atoms with E-state index in [4.69, 9.17) is 0 Å². The summed E-state index contributed by atoms with van der Waals surface area (Å²) in [6, 6.07) is 9.90. The minimum absolute atomic E-state index is 0.0112. The van der Waals surface area contributed by atoms with Crippen LogP contribution in [0.15, 0.2) is 36.4 Å². The quantitative estimate of drug-likeness (QED) is 0.570. The highest BCUT2D eigenvalue weighted by Crippen LogP contribution is 2.29. The summed E-state index contributed by atoms with van der Waals surface area (Å²) in [7, 11) is 0. The molecule has 1 aliphatic rings. The molecule has 3 heterocycles. The highest BCUT2D eigenvalue weighted by Gasteiger charge is 2.38. The molecule has 0 unspecified atom stereocenters. The van der Waals surface area contributed by atoms with Gasteiger partial charge in [0.25, 0.3) is 11.7 Å². The van der Waals surface area contributed by atoms with Gasteiger partial charge in [0.05, 0.1) is 0 Å². The number of carbonyl (C=O) groups excluding carboxylic acids is 2. The molecule has 0 atom stereocenters. The maximum Gasteiger partial charge on any atom is 0.453 e. The lowest BCUT2D eigenvalue weighted by Crippen LogP contribution is -2.38. The number of fused-ring (bicyclic) bond motifs is 1. The molecule has 186 valence electrons. The van der Waals surface area contributed by atoms with Gasteiger partial charge in [0.1, 0.15) is 5.82 Å². The van der Waals surface area contributed by atoms with Gasteiger partial charge in [-0.1, -0.05) is 6.07 Å². The number of hydrogen-bond acceptors (Lipinski definition) is 6. The number of rotatable bonds is 6. The number of alkyl halides is 3. The number of piperidine rings is 1. The summed E-state index contributed by atoms with van der Waals surface area (Å²) >= 11 is 0. The highest BCUT2D eigenvalue weighted by molar-refractivity contribution is 5.97. The van der Waals surface area contributed by atoms with Crippen LogP contribution in [0.2, 0.25) is 0 Å². The lowest BCUT2D eigenvalue weighted by molar-refractivity contribution is -0.146. The zero-order valence-corrected chi connectivity index (χ0v) is 19.4. The number of amides is 2. The second-order valence-corrected chi connectivity index (χ2v) is 8.29. The molecule has 1 aromatic carbocycles. The summed E-state index contributed by atoms with van der Waals surface area (Å²) in [6.07, 6.45) is -3.64. The molecular formula is C23H26F3N7O2. The van der Waals surface area contributed by atoms with Crippen molar-refractivity contribution in [3.05, 3.63) is 47.8 Å². The molecule has 1 aliphatic heterocycles. The molecule has 12 heteroatoms. The number of halogens is 3. The second kappa shape index (κ2) is 9.88. The monoisotopic (exact) mass is 489 g/mol. The van der Waals surface area contributed by atoms with Crippen LogP contribution >= 0.6 is 0 Å². The Morgan fingerprint density at radius 1 is 1.09 bits per heavy atom. The third kappa shape index (κ3) is 5.20. The third-order valence-electron chi connectivity index (χ3n) is 6.12. The summed E-state index contributed by atoms with van der Waals surface area (Å²) in [5.41, 5.74) is 1.07. The van der Waals surface area contributed by atoms with Crippen molar-refractivity contribution >= 4 is 29.0 Å². The van der Waals surface area contributed by atoms with Crippen molar-refractivity contribution < 1.29 is 22.8 Å². The van der Waals surface area contributed by atoms with E-state index in [2.05, 4.69) is 20.6 Å². The van der Waals surface area contributed by atoms with Crippen molar-refractivity contribution in [3.8, 4) is 0 Å². The van der Waals surface area contributed by atoms with Gasteiger partial charge in [-0.25, -0.2) is 0 Å². The van der Waals surface area contributed by atoms with Crippen LogP contribution < -0.4 is 10.2 Å². The first-order valence-corrected chi connectivity index (χ1v) is 11.5. The van der Waals surface area contributed by atoms with Crippen LogP contribution in [-0.4, -0.2) is 62.7 Å². The van der Waals surface area contributed by atoms with E-state index in [9.17, 15) is 22.8 Å². The molecule has 2 amide bonds. The van der Waals surface area contributed by atoms with E-state index in [1.807, 2.05) is 18.7 Å². The van der Waals surface area contributed by atoms with Crippen LogP contribution in [0, 0.1) is 5.92 Å². The largest absolute Gasteiger partial charge is 0.453 e. The molecule has 1 saturated heterocycles. The van der Waals surface area contributed by atoms with Crippen molar-refractivity contribution in [2.45, 2.75) is 32.9 Å². The van der Waals surface area contributed by atoms with Gasteiger partial charge in [-0.2, -0.15) is 17.7 Å². The third-order valence-corrected chi connectivity index (χ3v) is 6.12. The Bertz CT molecular complexity index is 1220. The Labute approximate surface area is 199 Å². The number of carbonyl (C=O) groups is 2. The predicted molar refractivity (Wildman–Crippen MR) is 123 cm³/mol. The van der Waals surface area contributed by atoms with Crippen LogP contribution in [0.5, 0.6) is 0 Å². The molecule has 0 saturated carbocycles. The van der Waals surface area contributed by atoms with Gasteiger partial charge in [0.15, 0.2) is 5.65 Å². The Hall–Kier alpha value is -3.70. The number of nitrogens with zero attached hydrogens (tertiary/aromatic N) is 6. The standard InChI is InChI=1S/C23H26F3N7O2/c1-3-31(4-2)21(35)16-6-5-7-17(14-16)27-20(34)15-10-12-32(13-11-15)19-9-8-18-28-29-22(23(24,25)26)33(18)30-19/h5-9,14-15H,3-4,10-13H2,1-2H3,(H,27,34). The molecular weight excluding hydrogens is 463 g/mol. The molecule has 1 fully saturated rings. The molecule has 0 bridgehead atoms. The fraction of sp³-hybridized carbons (Fsp3) is 0.435. The zero-order valence-electron chi connectivity index (χ0n) is 19.4. The van der Waals surface area contributed by atoms with E-state index >= 15 is 0 Å². The van der Waals surface area contributed by atoms with Gasteiger partial charge in [-0.3, -0.25) is 9.59 Å². The Balaban J connectivity index is 1.39. The average molecular weight is 490 g/mol. The van der Waals surface area contributed by atoms with E-state index < -0.39 is 12.0 Å². The minimum atomic E-state index is -4.66. The van der Waals surface area contributed by atoms with Crippen LogP contribution in [0.25, 0.3) is 5.65 Å². The van der Waals surface area contributed by atoms with Gasteiger partial charge in [-0.15, -0.1) is 15.3 Å². The van der Waals surface area contributed by atoms with Gasteiger partial charge >= 0.3 is 6.18 Å². The van der Waals surface area contributed by atoms with E-state index in [-0.39, 0.29) is 23.4 Å². The molecule has 0 spiro atoms. The molecule has 1 N–H and O–H groups in total. The van der Waals surface area contributed by atoms with Gasteiger partial charge in [-0.05, 0) is 57.0 Å². The number of nitrogens with one attached hydrogen (secondary N) is 1. The summed E-state index contributed by atoms with van der Waals surface area (Å²) in [5, 5.41) is 13.7. The fourth-order valence-corrected chi connectivity index (χ4v) is 4.16. The predicted octanol–water partition coefficient (Wildman–Crippen LogP) is 3.48. The van der Waals surface area contributed by atoms with Crippen LogP contribution in [0.1, 0.15) is 42.9 Å². The van der Waals surface area contributed by atoms with E-state index in [1.54, 1.807) is 35.2 Å². The Morgan fingerprint density at radius 3 is 2.46 bits per heavy atom. The topological polar surface area (TPSA) is 95.7 Å². The van der Waals surface area contributed by atoms with Crippen LogP contribution in [-0.2, 0) is 11.0 Å². The second-order valence-electron chi connectivity index (χ2n) is 8.29. The summed E-state index contributed by atoms with van der Waals surface area (Å²) < 4.78 is 40.1. The minimum Gasteiger partial charge on any atom is -0.355 e. The van der Waals surface area contributed by atoms with Gasteiger partial charge < -0.3 is 15.1 Å². The van der Waals surface area contributed by atoms with Crippen molar-refractivity contribution in [1.29, 1.82) is 0 Å². The van der Waals surface area contributed by atoms with Crippen molar-refractivity contribution in [1.82, 2.24) is 24.7 Å². The molecule has 4 rings (SSSR count). The fourth-order valence-electron chi connectivity index (χ4n) is 4.16. The number of aromatic nitrogens is 4. The highest BCUT2D eigenvalue weighted by atomic mass is 19.4. The van der Waals surface area contributed by atoms with Gasteiger partial charge in [0, 0.05) is 43.3 Å². The molecule has 0 radical (unpaired) electrons. The first-order chi connectivity index (χ1) is 16.7. The molecule has 9 nitrogen and oxygen atoms in total. The number of hydrogen-bond donors (Lipinski definition) is 1. The molecule has 35 heavy (non-hydrogen) atoms. The smallest absolute Gasteiger partial charge is 0.355 e. The van der Waals surface area contributed by atoms with Gasteiger partial charge in [0.2, 0.25) is 5.91 Å². The zero-order chi connectivity index (χ0) is 25.2. The number of anilines is 2. The number of benzene rings is 1. The van der Waals surface area contributed by atoms with Crippen molar-refractivity contribution in [2.75, 3.05) is 36.4 Å². The van der Waals surface area contributed by atoms with E-state index in [0.29, 0.717) is 60.6 Å². The van der Waals surface area contributed by atoms with Crippen molar-refractivity contribution in [2.24, 2.45) is 5.92 Å². The molecule has 3 aromatic rings. The Kier molecular flexibility index (Phi) is 6.90. The lowest BCUT2D eigenvalue weighted by Gasteiger charge is -2.32. The first-order valence-electron chi connectivity index (χ1n) is 11.5. The van der Waals surface area contributed by atoms with Crippen LogP contribution in [0.3, 0.4) is 0 Å². The normalized spacial score (nSPS) is 14.8. The molecule has 0 aliphatic carbocycles.